The van der Waals surface area contributed by atoms with Gasteiger partial charge < -0.3 is 15.4 Å². The number of nitrogens with one attached hydrogen (secondary N) is 2. The molecule has 0 spiro atoms. The van der Waals surface area contributed by atoms with Crippen molar-refractivity contribution in [2.75, 3.05) is 26.3 Å². The molecule has 0 saturated carbocycles. The number of guanidine groups is 1. The van der Waals surface area contributed by atoms with Crippen LogP contribution in [0.1, 0.15) is 34.5 Å². The molecule has 0 bridgehead atoms. The molecule has 0 saturated heterocycles. The van der Waals surface area contributed by atoms with Crippen molar-refractivity contribution in [3.63, 3.8) is 0 Å². The van der Waals surface area contributed by atoms with Crippen molar-refractivity contribution in [1.29, 1.82) is 0 Å². The molecule has 1 heterocycles. The van der Waals surface area contributed by atoms with Crippen molar-refractivity contribution < 1.29 is 4.74 Å². The van der Waals surface area contributed by atoms with E-state index in [0.717, 1.165) is 55.8 Å². The molecule has 1 aromatic heterocycles. The van der Waals surface area contributed by atoms with Crippen molar-refractivity contribution in [3.8, 4) is 0 Å². The second-order valence-corrected chi connectivity index (χ2v) is 7.36. The Hall–Kier alpha value is -1.19. The third kappa shape index (κ3) is 9.53. The summed E-state index contributed by atoms with van der Waals surface area (Å²) in [5, 5.41) is 7.69. The van der Waals surface area contributed by atoms with Gasteiger partial charge in [0.05, 0.1) is 18.8 Å². The van der Waals surface area contributed by atoms with Crippen LogP contribution < -0.4 is 10.6 Å². The number of aryl methyl sites for hydroxylation is 2. The first-order chi connectivity index (χ1) is 12.7. The van der Waals surface area contributed by atoms with Gasteiger partial charge in [0.2, 0.25) is 0 Å². The van der Waals surface area contributed by atoms with E-state index in [-0.39, 0.29) is 24.0 Å². The Kier molecular flexibility index (Phi) is 12.3. The van der Waals surface area contributed by atoms with Crippen LogP contribution in [0.25, 0.3) is 0 Å². The summed E-state index contributed by atoms with van der Waals surface area (Å²) >= 11 is 1.72. The standard InChI is InChI=1S/C20H30N4OS.HI/c1-4-21-20(23-15-19-24-16(2)17(3)26-19)22-12-8-13-25-14-11-18-9-6-5-7-10-18;/h5-7,9-10H,4,8,11-15H2,1-3H3,(H2,21,22,23);1H. The number of nitrogens with zero attached hydrogens (tertiary/aromatic N) is 2. The van der Waals surface area contributed by atoms with E-state index in [1.165, 1.54) is 10.4 Å². The number of halogens is 1. The van der Waals surface area contributed by atoms with Crippen molar-refractivity contribution >= 4 is 41.3 Å². The number of aromatic nitrogens is 1. The van der Waals surface area contributed by atoms with Crippen molar-refractivity contribution in [2.24, 2.45) is 4.99 Å². The van der Waals surface area contributed by atoms with Crippen LogP contribution in [0.4, 0.5) is 0 Å². The molecule has 0 unspecified atom stereocenters. The Balaban J connectivity index is 0.00000364. The van der Waals surface area contributed by atoms with Crippen LogP contribution in [0, 0.1) is 13.8 Å². The van der Waals surface area contributed by atoms with Crippen LogP contribution >= 0.6 is 35.3 Å². The summed E-state index contributed by atoms with van der Waals surface area (Å²) in [7, 11) is 0. The van der Waals surface area contributed by atoms with Gasteiger partial charge in [-0.15, -0.1) is 35.3 Å². The third-order valence-electron chi connectivity index (χ3n) is 3.93. The van der Waals surface area contributed by atoms with Gasteiger partial charge in [0.15, 0.2) is 5.96 Å². The highest BCUT2D eigenvalue weighted by Crippen LogP contribution is 2.16. The molecule has 7 heteroatoms. The predicted molar refractivity (Wildman–Crippen MR) is 125 cm³/mol. The molecule has 2 aromatic rings. The van der Waals surface area contributed by atoms with Crippen LogP contribution in [0.2, 0.25) is 0 Å². The summed E-state index contributed by atoms with van der Waals surface area (Å²) in [5.41, 5.74) is 2.42. The highest BCUT2D eigenvalue weighted by molar-refractivity contribution is 14.0. The minimum absolute atomic E-state index is 0. The SMILES string of the molecule is CCNC(=NCc1nc(C)c(C)s1)NCCCOCCc1ccccc1.I. The predicted octanol–water partition coefficient (Wildman–Crippen LogP) is 4.08. The second-order valence-electron chi connectivity index (χ2n) is 6.07. The molecule has 0 atom stereocenters. The monoisotopic (exact) mass is 502 g/mol. The molecule has 0 aliphatic heterocycles. The maximum absolute atomic E-state index is 5.72. The van der Waals surface area contributed by atoms with Gasteiger partial charge in [-0.25, -0.2) is 9.98 Å². The quantitative estimate of drug-likeness (QED) is 0.223. The maximum Gasteiger partial charge on any atom is 0.191 e. The first-order valence-electron chi connectivity index (χ1n) is 9.25. The van der Waals surface area contributed by atoms with E-state index in [2.05, 4.69) is 58.7 Å². The lowest BCUT2D eigenvalue weighted by Crippen LogP contribution is -2.38. The second kappa shape index (κ2) is 13.9. The number of benzene rings is 1. The highest BCUT2D eigenvalue weighted by Gasteiger charge is 2.03. The van der Waals surface area contributed by atoms with Gasteiger partial charge in [-0.05, 0) is 39.2 Å². The van der Waals surface area contributed by atoms with E-state index in [1.54, 1.807) is 11.3 Å². The molecule has 2 N–H and O–H groups in total. The molecule has 1 aromatic carbocycles. The van der Waals surface area contributed by atoms with Gasteiger partial charge in [0, 0.05) is 24.6 Å². The van der Waals surface area contributed by atoms with Crippen molar-refractivity contribution in [2.45, 2.75) is 40.2 Å². The zero-order valence-electron chi connectivity index (χ0n) is 16.5. The molecule has 0 aliphatic carbocycles. The molecule has 5 nitrogen and oxygen atoms in total. The molecule has 150 valence electrons. The lowest BCUT2D eigenvalue weighted by Gasteiger charge is -2.11. The van der Waals surface area contributed by atoms with Gasteiger partial charge in [-0.1, -0.05) is 30.3 Å². The van der Waals surface area contributed by atoms with E-state index >= 15 is 0 Å². The molecule has 0 aliphatic rings. The molecular weight excluding hydrogens is 471 g/mol. The topological polar surface area (TPSA) is 58.5 Å². The van der Waals surface area contributed by atoms with Gasteiger partial charge in [0.25, 0.3) is 0 Å². The molecule has 2 rings (SSSR count). The highest BCUT2D eigenvalue weighted by atomic mass is 127. The largest absolute Gasteiger partial charge is 0.381 e. The Labute approximate surface area is 184 Å². The Morgan fingerprint density at radius 1 is 1.15 bits per heavy atom. The lowest BCUT2D eigenvalue weighted by molar-refractivity contribution is 0.135. The lowest BCUT2D eigenvalue weighted by atomic mass is 10.2. The van der Waals surface area contributed by atoms with Crippen molar-refractivity contribution in [3.05, 3.63) is 51.5 Å². The minimum Gasteiger partial charge on any atom is -0.381 e. The maximum atomic E-state index is 5.72. The Morgan fingerprint density at radius 3 is 2.59 bits per heavy atom. The third-order valence-corrected chi connectivity index (χ3v) is 4.98. The number of rotatable bonds is 10. The fraction of sp³-hybridized carbons (Fsp3) is 0.500. The number of hydrogen-bond acceptors (Lipinski definition) is 4. The zero-order chi connectivity index (χ0) is 18.6. The van der Waals surface area contributed by atoms with Crippen LogP contribution in [0.15, 0.2) is 35.3 Å². The molecule has 0 amide bonds. The van der Waals surface area contributed by atoms with Gasteiger partial charge >= 0.3 is 0 Å². The van der Waals surface area contributed by atoms with Crippen molar-refractivity contribution in [1.82, 2.24) is 15.6 Å². The number of hydrogen-bond donors (Lipinski definition) is 2. The first-order valence-corrected chi connectivity index (χ1v) is 10.1. The average Bonchev–Trinajstić information content (AvgIpc) is 2.97. The Bertz CT molecular complexity index is 656. The molecule has 0 radical (unpaired) electrons. The summed E-state index contributed by atoms with van der Waals surface area (Å²) in [4.78, 5) is 10.4. The van der Waals surface area contributed by atoms with E-state index < -0.39 is 0 Å². The van der Waals surface area contributed by atoms with E-state index in [0.29, 0.717) is 6.54 Å². The smallest absolute Gasteiger partial charge is 0.191 e. The summed E-state index contributed by atoms with van der Waals surface area (Å²) in [6.07, 6.45) is 1.92. The van der Waals surface area contributed by atoms with Crippen LogP contribution in [-0.2, 0) is 17.7 Å². The van der Waals surface area contributed by atoms with Crippen LogP contribution in [0.5, 0.6) is 0 Å². The fourth-order valence-electron chi connectivity index (χ4n) is 2.41. The molecular formula is C20H31IN4OS. The fourth-order valence-corrected chi connectivity index (χ4v) is 3.27. The van der Waals surface area contributed by atoms with Crippen LogP contribution in [0.3, 0.4) is 0 Å². The summed E-state index contributed by atoms with van der Waals surface area (Å²) < 4.78 is 5.72. The number of ether oxygens (including phenoxy) is 1. The van der Waals surface area contributed by atoms with Gasteiger partial charge in [-0.3, -0.25) is 0 Å². The average molecular weight is 502 g/mol. The normalized spacial score (nSPS) is 11.1. The van der Waals surface area contributed by atoms with Crippen LogP contribution in [-0.4, -0.2) is 37.2 Å². The Morgan fingerprint density at radius 2 is 1.93 bits per heavy atom. The van der Waals surface area contributed by atoms with E-state index in [1.807, 2.05) is 13.0 Å². The van der Waals surface area contributed by atoms with E-state index in [9.17, 15) is 0 Å². The van der Waals surface area contributed by atoms with Gasteiger partial charge in [-0.2, -0.15) is 0 Å². The number of thiazole rings is 1. The first kappa shape index (κ1) is 23.8. The summed E-state index contributed by atoms with van der Waals surface area (Å²) in [6.45, 7) is 10.0. The molecule has 0 fully saturated rings. The number of aliphatic imine (C=N–C) groups is 1. The van der Waals surface area contributed by atoms with Gasteiger partial charge in [0.1, 0.15) is 5.01 Å². The summed E-state index contributed by atoms with van der Waals surface area (Å²) in [6, 6.07) is 10.4. The molecule has 27 heavy (non-hydrogen) atoms. The minimum atomic E-state index is 0. The summed E-state index contributed by atoms with van der Waals surface area (Å²) in [5.74, 6) is 0.835. The zero-order valence-corrected chi connectivity index (χ0v) is 19.6. The van der Waals surface area contributed by atoms with E-state index in [4.69, 9.17) is 4.74 Å².